The van der Waals surface area contributed by atoms with E-state index in [9.17, 15) is 9.90 Å². The maximum Gasteiger partial charge on any atom is 0.229 e. The highest BCUT2D eigenvalue weighted by Crippen LogP contribution is 2.34. The number of anilines is 1. The summed E-state index contributed by atoms with van der Waals surface area (Å²) in [4.78, 5) is 25.7. The number of nitrogens with zero attached hydrogens (tertiary/aromatic N) is 4. The van der Waals surface area contributed by atoms with E-state index in [2.05, 4.69) is 14.9 Å². The van der Waals surface area contributed by atoms with Gasteiger partial charge in [-0.3, -0.25) is 4.79 Å². The molecule has 1 aliphatic heterocycles. The molecule has 1 aromatic heterocycles. The van der Waals surface area contributed by atoms with Gasteiger partial charge in [-0.05, 0) is 37.5 Å². The molecule has 27 heavy (non-hydrogen) atoms. The fourth-order valence-corrected chi connectivity index (χ4v) is 4.07. The fourth-order valence-electron chi connectivity index (χ4n) is 3.94. The molecule has 142 valence electrons. The predicted octanol–water partition coefficient (Wildman–Crippen LogP) is 2.56. The van der Waals surface area contributed by atoms with Gasteiger partial charge in [-0.25, -0.2) is 9.97 Å². The average Bonchev–Trinajstić information content (AvgIpc) is 3.09. The largest absolute Gasteiger partial charge is 0.387 e. The van der Waals surface area contributed by atoms with E-state index >= 15 is 0 Å². The Labute approximate surface area is 163 Å². The highest BCUT2D eigenvalue weighted by Gasteiger charge is 2.30. The number of aromatic nitrogens is 2. The van der Waals surface area contributed by atoms with Gasteiger partial charge in [0.15, 0.2) is 0 Å². The Morgan fingerprint density at radius 1 is 1.19 bits per heavy atom. The lowest BCUT2D eigenvalue weighted by Crippen LogP contribution is -2.50. The monoisotopic (exact) mass is 386 g/mol. The van der Waals surface area contributed by atoms with Crippen LogP contribution in [-0.2, 0) is 11.2 Å². The molecule has 2 atom stereocenters. The van der Waals surface area contributed by atoms with Crippen LogP contribution in [0.25, 0.3) is 0 Å². The number of hydrogen-bond acceptors (Lipinski definition) is 5. The number of carbonyl (C=O) groups excluding carboxylic acids is 1. The summed E-state index contributed by atoms with van der Waals surface area (Å²) in [5, 5.41) is 10.7. The topological polar surface area (TPSA) is 69.6 Å². The van der Waals surface area contributed by atoms with Gasteiger partial charge in [-0.15, -0.1) is 0 Å². The molecule has 1 amide bonds. The van der Waals surface area contributed by atoms with E-state index < -0.39 is 6.10 Å². The minimum absolute atomic E-state index is 0.139. The highest BCUT2D eigenvalue weighted by atomic mass is 35.5. The number of aliphatic hydroxyl groups excluding tert-OH is 1. The van der Waals surface area contributed by atoms with E-state index in [1.54, 1.807) is 0 Å². The van der Waals surface area contributed by atoms with Crippen molar-refractivity contribution >= 4 is 23.3 Å². The number of amides is 1. The number of rotatable bonds is 3. The summed E-state index contributed by atoms with van der Waals surface area (Å²) in [5.74, 6) is 0.863. The van der Waals surface area contributed by atoms with E-state index in [1.165, 1.54) is 6.33 Å². The second kappa shape index (κ2) is 7.44. The third-order valence-corrected chi connectivity index (χ3v) is 5.82. The molecule has 0 bridgehead atoms. The van der Waals surface area contributed by atoms with Crippen molar-refractivity contribution in [3.63, 3.8) is 0 Å². The van der Waals surface area contributed by atoms with E-state index in [0.717, 1.165) is 42.1 Å². The molecule has 6 nitrogen and oxygen atoms in total. The van der Waals surface area contributed by atoms with Crippen LogP contribution in [0, 0.1) is 0 Å². The van der Waals surface area contributed by atoms with Crippen LogP contribution in [0.4, 0.5) is 5.82 Å². The second-order valence-corrected chi connectivity index (χ2v) is 7.64. The molecule has 0 spiro atoms. The molecule has 7 heteroatoms. The van der Waals surface area contributed by atoms with Gasteiger partial charge >= 0.3 is 0 Å². The molecule has 1 fully saturated rings. The van der Waals surface area contributed by atoms with Crippen LogP contribution in [0.1, 0.15) is 42.2 Å². The molecule has 1 unspecified atom stereocenters. The van der Waals surface area contributed by atoms with E-state index in [1.807, 2.05) is 36.1 Å². The number of benzene rings is 1. The summed E-state index contributed by atoms with van der Waals surface area (Å²) in [6.07, 6.45) is 2.56. The zero-order chi connectivity index (χ0) is 19.0. The van der Waals surface area contributed by atoms with Crippen LogP contribution >= 0.6 is 11.6 Å². The molecule has 4 rings (SSSR count). The summed E-state index contributed by atoms with van der Waals surface area (Å²) >= 11 is 5.94. The first-order valence-corrected chi connectivity index (χ1v) is 9.73. The Morgan fingerprint density at radius 3 is 2.59 bits per heavy atom. The van der Waals surface area contributed by atoms with Crippen molar-refractivity contribution in [2.75, 3.05) is 31.1 Å². The minimum atomic E-state index is -0.482. The summed E-state index contributed by atoms with van der Waals surface area (Å²) in [7, 11) is 0. The van der Waals surface area contributed by atoms with Crippen LogP contribution in [0.5, 0.6) is 0 Å². The van der Waals surface area contributed by atoms with Crippen LogP contribution in [0.15, 0.2) is 30.6 Å². The zero-order valence-corrected chi connectivity index (χ0v) is 16.1. The Balaban J connectivity index is 1.42. The molecule has 1 saturated heterocycles. The number of piperazine rings is 1. The molecule has 2 aromatic rings. The van der Waals surface area contributed by atoms with Gasteiger partial charge in [0.25, 0.3) is 0 Å². The van der Waals surface area contributed by atoms with Gasteiger partial charge in [0.2, 0.25) is 5.91 Å². The number of hydrogen-bond donors (Lipinski definition) is 1. The van der Waals surface area contributed by atoms with Crippen LogP contribution in [-0.4, -0.2) is 52.1 Å². The van der Waals surface area contributed by atoms with E-state index in [4.69, 9.17) is 11.6 Å². The van der Waals surface area contributed by atoms with E-state index in [-0.39, 0.29) is 11.8 Å². The highest BCUT2D eigenvalue weighted by molar-refractivity contribution is 6.30. The number of halogens is 1. The van der Waals surface area contributed by atoms with Crippen molar-refractivity contribution in [1.29, 1.82) is 0 Å². The van der Waals surface area contributed by atoms with Gasteiger partial charge in [0.1, 0.15) is 12.1 Å². The third-order valence-electron chi connectivity index (χ3n) is 5.57. The van der Waals surface area contributed by atoms with Gasteiger partial charge in [-0.2, -0.15) is 0 Å². The maximum atomic E-state index is 12.9. The number of aliphatic hydroxyl groups is 1. The second-order valence-electron chi connectivity index (χ2n) is 7.20. The lowest BCUT2D eigenvalue weighted by Gasteiger charge is -2.37. The summed E-state index contributed by atoms with van der Waals surface area (Å²) in [5.41, 5.74) is 2.80. The van der Waals surface area contributed by atoms with Crippen LogP contribution < -0.4 is 4.90 Å². The first kappa shape index (κ1) is 18.2. The normalized spacial score (nSPS) is 20.5. The average molecular weight is 387 g/mol. The van der Waals surface area contributed by atoms with E-state index in [0.29, 0.717) is 24.5 Å². The van der Waals surface area contributed by atoms with Gasteiger partial charge in [0, 0.05) is 36.8 Å². The summed E-state index contributed by atoms with van der Waals surface area (Å²) in [6, 6.07) is 7.47. The lowest BCUT2D eigenvalue weighted by molar-refractivity contribution is -0.132. The fraction of sp³-hybridized carbons (Fsp3) is 0.450. The Morgan fingerprint density at radius 2 is 1.89 bits per heavy atom. The molecule has 1 aliphatic carbocycles. The van der Waals surface area contributed by atoms with Crippen LogP contribution in [0.2, 0.25) is 5.02 Å². The molecule has 1 aromatic carbocycles. The van der Waals surface area contributed by atoms with Gasteiger partial charge in [-0.1, -0.05) is 23.7 Å². The maximum absolute atomic E-state index is 12.9. The van der Waals surface area contributed by atoms with Gasteiger partial charge < -0.3 is 14.9 Å². The lowest BCUT2D eigenvalue weighted by atomic mass is 9.99. The summed E-state index contributed by atoms with van der Waals surface area (Å²) in [6.45, 7) is 4.74. The Kier molecular flexibility index (Phi) is 5.02. The van der Waals surface area contributed by atoms with Crippen molar-refractivity contribution < 1.29 is 9.90 Å². The van der Waals surface area contributed by atoms with Crippen molar-refractivity contribution in [2.45, 2.75) is 31.8 Å². The standard InChI is InChI=1S/C20H23ClN4O2/c1-13(14-2-4-15(21)5-3-14)20(27)25-10-8-24(9-11-25)19-16-6-7-17(26)18(16)22-12-23-19/h2-5,12-13,17,26H,6-11H2,1H3/t13-,17?/m1/s1. The minimum Gasteiger partial charge on any atom is -0.387 e. The molecule has 0 radical (unpaired) electrons. The first-order chi connectivity index (χ1) is 13.0. The predicted molar refractivity (Wildman–Crippen MR) is 104 cm³/mol. The smallest absolute Gasteiger partial charge is 0.229 e. The molecule has 1 N–H and O–H groups in total. The third kappa shape index (κ3) is 3.51. The SMILES string of the molecule is C[C@@H](C(=O)N1CCN(c2ncnc3c2CCC3O)CC1)c1ccc(Cl)cc1. The van der Waals surface area contributed by atoms with Gasteiger partial charge in [0.05, 0.1) is 17.7 Å². The molecular formula is C20H23ClN4O2. The van der Waals surface area contributed by atoms with Crippen molar-refractivity contribution in [2.24, 2.45) is 0 Å². The van der Waals surface area contributed by atoms with Crippen molar-refractivity contribution in [1.82, 2.24) is 14.9 Å². The summed E-state index contributed by atoms with van der Waals surface area (Å²) < 4.78 is 0. The Hall–Kier alpha value is -2.18. The van der Waals surface area contributed by atoms with Crippen LogP contribution in [0.3, 0.4) is 0 Å². The number of carbonyl (C=O) groups is 1. The van der Waals surface area contributed by atoms with Crippen molar-refractivity contribution in [3.05, 3.63) is 52.4 Å². The van der Waals surface area contributed by atoms with Crippen molar-refractivity contribution in [3.8, 4) is 0 Å². The molecule has 2 heterocycles. The zero-order valence-electron chi connectivity index (χ0n) is 15.3. The quantitative estimate of drug-likeness (QED) is 0.877. The first-order valence-electron chi connectivity index (χ1n) is 9.35. The number of fused-ring (bicyclic) bond motifs is 1. The molecule has 0 saturated carbocycles. The molecular weight excluding hydrogens is 364 g/mol. The molecule has 2 aliphatic rings. The Bertz CT molecular complexity index is 834.